The number of rotatable bonds is 1. The van der Waals surface area contributed by atoms with Crippen molar-refractivity contribution in [2.75, 3.05) is 0 Å². The van der Waals surface area contributed by atoms with Crippen LogP contribution in [0.25, 0.3) is 6.08 Å². The maximum absolute atomic E-state index is 13.2. The third-order valence-corrected chi connectivity index (χ3v) is 3.52. The molecule has 0 heterocycles. The molecule has 2 aromatic carbocycles. The summed E-state index contributed by atoms with van der Waals surface area (Å²) in [4.78, 5) is 12.4. The van der Waals surface area contributed by atoms with Crippen molar-refractivity contribution in [3.05, 3.63) is 70.5 Å². The van der Waals surface area contributed by atoms with E-state index in [0.29, 0.717) is 35.1 Å². The number of phenolic OH excluding ortho intramolecular Hbond substituents is 1. The summed E-state index contributed by atoms with van der Waals surface area (Å²) in [7, 11) is 0. The fraction of sp³-hybridized carbons (Fsp3) is 0.118. The van der Waals surface area contributed by atoms with Gasteiger partial charge in [-0.15, -0.1) is 0 Å². The van der Waals surface area contributed by atoms with Crippen molar-refractivity contribution in [2.24, 2.45) is 0 Å². The van der Waals surface area contributed by atoms with Crippen LogP contribution in [0.2, 0.25) is 0 Å². The molecule has 3 rings (SSSR count). The summed E-state index contributed by atoms with van der Waals surface area (Å²) >= 11 is 0. The van der Waals surface area contributed by atoms with Crippen LogP contribution in [0.4, 0.5) is 4.39 Å². The Morgan fingerprint density at radius 3 is 2.70 bits per heavy atom. The molecule has 3 heteroatoms. The number of Topliss-reactive ketones (excluding diaryl/α,β-unsaturated/α-hetero) is 1. The molecular formula is C17H13FO2. The molecule has 0 aliphatic heterocycles. The predicted molar refractivity (Wildman–Crippen MR) is 75.1 cm³/mol. The van der Waals surface area contributed by atoms with Gasteiger partial charge in [-0.2, -0.15) is 0 Å². The molecule has 0 atom stereocenters. The summed E-state index contributed by atoms with van der Waals surface area (Å²) in [6, 6.07) is 11.1. The monoisotopic (exact) mass is 268 g/mol. The van der Waals surface area contributed by atoms with E-state index in [1.807, 2.05) is 0 Å². The summed E-state index contributed by atoms with van der Waals surface area (Å²) in [5.41, 5.74) is 2.57. The van der Waals surface area contributed by atoms with Crippen LogP contribution in [0.5, 0.6) is 5.75 Å². The van der Waals surface area contributed by atoms with Crippen LogP contribution in [-0.4, -0.2) is 10.9 Å². The Kier molecular flexibility index (Phi) is 3.11. The standard InChI is InChI=1S/C17H13FO2/c18-13-4-1-3-11(10-13)9-12-7-8-14-15(17(12)20)5-2-6-16(14)19/h1-6,9-10,19H,7-8H2/b12-9+. The summed E-state index contributed by atoms with van der Waals surface area (Å²) in [5, 5.41) is 9.77. The zero-order valence-electron chi connectivity index (χ0n) is 10.8. The number of benzene rings is 2. The number of fused-ring (bicyclic) bond motifs is 1. The number of carbonyl (C=O) groups excluding carboxylic acids is 1. The molecular weight excluding hydrogens is 255 g/mol. The molecule has 100 valence electrons. The Morgan fingerprint density at radius 2 is 1.90 bits per heavy atom. The topological polar surface area (TPSA) is 37.3 Å². The van der Waals surface area contributed by atoms with Gasteiger partial charge in [0, 0.05) is 16.7 Å². The zero-order chi connectivity index (χ0) is 14.1. The first kappa shape index (κ1) is 12.6. The van der Waals surface area contributed by atoms with Gasteiger partial charge >= 0.3 is 0 Å². The van der Waals surface area contributed by atoms with Crippen LogP contribution < -0.4 is 0 Å². The van der Waals surface area contributed by atoms with E-state index in [9.17, 15) is 14.3 Å². The molecule has 1 aliphatic carbocycles. The molecule has 2 nitrogen and oxygen atoms in total. The Bertz CT molecular complexity index is 717. The van der Waals surface area contributed by atoms with Gasteiger partial charge in [0.2, 0.25) is 0 Å². The van der Waals surface area contributed by atoms with Gasteiger partial charge in [0.1, 0.15) is 11.6 Å². The van der Waals surface area contributed by atoms with Gasteiger partial charge < -0.3 is 5.11 Å². The normalized spacial score (nSPS) is 16.2. The molecule has 0 saturated carbocycles. The van der Waals surface area contributed by atoms with Crippen molar-refractivity contribution in [3.8, 4) is 5.75 Å². The van der Waals surface area contributed by atoms with Crippen molar-refractivity contribution in [1.29, 1.82) is 0 Å². The highest BCUT2D eigenvalue weighted by Crippen LogP contribution is 2.31. The lowest BCUT2D eigenvalue weighted by Gasteiger charge is -2.18. The van der Waals surface area contributed by atoms with Crippen molar-refractivity contribution in [3.63, 3.8) is 0 Å². The highest BCUT2D eigenvalue weighted by atomic mass is 19.1. The smallest absolute Gasteiger partial charge is 0.189 e. The zero-order valence-corrected chi connectivity index (χ0v) is 10.8. The fourth-order valence-electron chi connectivity index (χ4n) is 2.53. The molecule has 0 radical (unpaired) electrons. The minimum absolute atomic E-state index is 0.0913. The lowest BCUT2D eigenvalue weighted by molar-refractivity contribution is 0.102. The van der Waals surface area contributed by atoms with Crippen LogP contribution in [0.3, 0.4) is 0 Å². The van der Waals surface area contributed by atoms with Gasteiger partial charge in [0.15, 0.2) is 5.78 Å². The van der Waals surface area contributed by atoms with Gasteiger partial charge in [-0.05, 0) is 42.7 Å². The van der Waals surface area contributed by atoms with Crippen molar-refractivity contribution < 1.29 is 14.3 Å². The molecule has 0 spiro atoms. The van der Waals surface area contributed by atoms with Crippen LogP contribution in [0, 0.1) is 5.82 Å². The average molecular weight is 268 g/mol. The highest BCUT2D eigenvalue weighted by molar-refractivity contribution is 6.13. The lowest BCUT2D eigenvalue weighted by atomic mass is 9.85. The molecule has 1 N–H and O–H groups in total. The van der Waals surface area contributed by atoms with Crippen molar-refractivity contribution in [1.82, 2.24) is 0 Å². The third-order valence-electron chi connectivity index (χ3n) is 3.52. The number of ketones is 1. The van der Waals surface area contributed by atoms with E-state index in [0.717, 1.165) is 0 Å². The molecule has 20 heavy (non-hydrogen) atoms. The Hall–Kier alpha value is -2.42. The van der Waals surface area contributed by atoms with Crippen LogP contribution >= 0.6 is 0 Å². The van der Waals surface area contributed by atoms with Gasteiger partial charge in [0.05, 0.1) is 0 Å². The Balaban J connectivity index is 2.00. The maximum atomic E-state index is 13.2. The second-order valence-corrected chi connectivity index (χ2v) is 4.86. The summed E-state index contributed by atoms with van der Waals surface area (Å²) in [6.07, 6.45) is 2.90. The maximum Gasteiger partial charge on any atom is 0.189 e. The van der Waals surface area contributed by atoms with E-state index in [-0.39, 0.29) is 17.3 Å². The summed E-state index contributed by atoms with van der Waals surface area (Å²) in [5.74, 6) is -0.243. The number of aromatic hydroxyl groups is 1. The van der Waals surface area contributed by atoms with Crippen LogP contribution in [0.15, 0.2) is 48.0 Å². The number of carbonyl (C=O) groups is 1. The number of halogens is 1. The molecule has 2 aromatic rings. The van der Waals surface area contributed by atoms with E-state index >= 15 is 0 Å². The second-order valence-electron chi connectivity index (χ2n) is 4.86. The van der Waals surface area contributed by atoms with Gasteiger partial charge in [-0.25, -0.2) is 4.39 Å². The third kappa shape index (κ3) is 2.23. The lowest BCUT2D eigenvalue weighted by Crippen LogP contribution is -2.14. The Morgan fingerprint density at radius 1 is 1.10 bits per heavy atom. The van der Waals surface area contributed by atoms with E-state index in [2.05, 4.69) is 0 Å². The predicted octanol–water partition coefficient (Wildman–Crippen LogP) is 3.74. The summed E-state index contributed by atoms with van der Waals surface area (Å²) < 4.78 is 13.2. The van der Waals surface area contributed by atoms with E-state index in [1.54, 1.807) is 36.4 Å². The minimum atomic E-state index is -0.319. The largest absolute Gasteiger partial charge is 0.508 e. The number of hydrogen-bond acceptors (Lipinski definition) is 2. The number of allylic oxidation sites excluding steroid dienone is 1. The first-order valence-electron chi connectivity index (χ1n) is 6.47. The average Bonchev–Trinajstić information content (AvgIpc) is 2.43. The second kappa shape index (κ2) is 4.93. The van der Waals surface area contributed by atoms with E-state index in [1.165, 1.54) is 12.1 Å². The van der Waals surface area contributed by atoms with Crippen LogP contribution in [-0.2, 0) is 6.42 Å². The van der Waals surface area contributed by atoms with Crippen molar-refractivity contribution >= 4 is 11.9 Å². The fourth-order valence-corrected chi connectivity index (χ4v) is 2.53. The minimum Gasteiger partial charge on any atom is -0.508 e. The quantitative estimate of drug-likeness (QED) is 0.800. The molecule has 0 amide bonds. The Labute approximate surface area is 116 Å². The van der Waals surface area contributed by atoms with Gasteiger partial charge in [-0.3, -0.25) is 4.79 Å². The summed E-state index contributed by atoms with van der Waals surface area (Å²) in [6.45, 7) is 0. The molecule has 1 aliphatic rings. The molecule has 0 aromatic heterocycles. The highest BCUT2D eigenvalue weighted by Gasteiger charge is 2.23. The SMILES string of the molecule is O=C1/C(=C/c2cccc(F)c2)CCc2c(O)cccc21. The van der Waals surface area contributed by atoms with E-state index in [4.69, 9.17) is 0 Å². The molecule has 0 fully saturated rings. The van der Waals surface area contributed by atoms with Gasteiger partial charge in [0.25, 0.3) is 0 Å². The first-order valence-corrected chi connectivity index (χ1v) is 6.47. The molecule has 0 unspecified atom stereocenters. The molecule has 0 saturated heterocycles. The van der Waals surface area contributed by atoms with Gasteiger partial charge in [-0.1, -0.05) is 24.3 Å². The number of phenols is 1. The number of hydrogen-bond donors (Lipinski definition) is 1. The molecule has 0 bridgehead atoms. The first-order chi connectivity index (χ1) is 9.65. The van der Waals surface area contributed by atoms with Crippen LogP contribution in [0.1, 0.15) is 27.9 Å². The van der Waals surface area contributed by atoms with E-state index < -0.39 is 0 Å². The van der Waals surface area contributed by atoms with Crippen molar-refractivity contribution in [2.45, 2.75) is 12.8 Å².